The minimum atomic E-state index is -0.519. The first-order chi connectivity index (χ1) is 11.6. The van der Waals surface area contributed by atoms with E-state index in [2.05, 4.69) is 25.2 Å². The van der Waals surface area contributed by atoms with Gasteiger partial charge in [-0.3, -0.25) is 5.32 Å². The summed E-state index contributed by atoms with van der Waals surface area (Å²) < 4.78 is 5.26. The molecule has 0 radical (unpaired) electrons. The second kappa shape index (κ2) is 7.06. The van der Waals surface area contributed by atoms with Crippen molar-refractivity contribution in [2.45, 2.75) is 39.2 Å². The number of thiophene rings is 1. The standard InChI is InChI=1S/C19H20N2O2S/c1-12-8-13(2)17-15(10-20)18(24-16(17)9-12)21-19(22)23-11-14-6-4-3-5-7-14/h3-7,12-13H,8-9,11H2,1-2H3,(H,21,22). The molecule has 1 heterocycles. The molecule has 1 aromatic carbocycles. The number of nitrogens with one attached hydrogen (secondary N) is 1. The van der Waals surface area contributed by atoms with Gasteiger partial charge in [-0.05, 0) is 35.8 Å². The van der Waals surface area contributed by atoms with Crippen LogP contribution in [0.3, 0.4) is 0 Å². The molecule has 2 aromatic rings. The normalized spacial score (nSPS) is 19.2. The Morgan fingerprint density at radius 1 is 1.38 bits per heavy atom. The summed E-state index contributed by atoms with van der Waals surface area (Å²) in [5.74, 6) is 0.959. The van der Waals surface area contributed by atoms with Gasteiger partial charge in [-0.15, -0.1) is 11.3 Å². The van der Waals surface area contributed by atoms with Gasteiger partial charge in [0.05, 0.1) is 5.56 Å². The summed E-state index contributed by atoms with van der Waals surface area (Å²) in [6, 6.07) is 11.8. The maximum atomic E-state index is 12.1. The zero-order valence-electron chi connectivity index (χ0n) is 13.8. The van der Waals surface area contributed by atoms with E-state index in [9.17, 15) is 10.1 Å². The summed E-state index contributed by atoms with van der Waals surface area (Å²) >= 11 is 1.51. The van der Waals surface area contributed by atoms with Crippen LogP contribution in [0.15, 0.2) is 30.3 Å². The molecular weight excluding hydrogens is 320 g/mol. The van der Waals surface area contributed by atoms with E-state index in [4.69, 9.17) is 4.74 Å². The van der Waals surface area contributed by atoms with Crippen LogP contribution in [0.25, 0.3) is 0 Å². The zero-order chi connectivity index (χ0) is 17.1. The predicted octanol–water partition coefficient (Wildman–Crippen LogP) is 5.05. The van der Waals surface area contributed by atoms with E-state index in [0.29, 0.717) is 22.4 Å². The average molecular weight is 340 g/mol. The van der Waals surface area contributed by atoms with Crippen molar-refractivity contribution < 1.29 is 9.53 Å². The first-order valence-electron chi connectivity index (χ1n) is 8.11. The second-order valence-electron chi connectivity index (χ2n) is 6.39. The molecule has 124 valence electrons. The Bertz CT molecular complexity index is 777. The third kappa shape index (κ3) is 3.44. The van der Waals surface area contributed by atoms with Crippen LogP contribution < -0.4 is 5.32 Å². The molecule has 1 aliphatic rings. The lowest BCUT2D eigenvalue weighted by Crippen LogP contribution is -2.14. The van der Waals surface area contributed by atoms with Crippen molar-refractivity contribution in [1.82, 2.24) is 0 Å². The summed E-state index contributed by atoms with van der Waals surface area (Å²) in [5, 5.41) is 12.9. The summed E-state index contributed by atoms with van der Waals surface area (Å²) in [6.45, 7) is 4.60. The summed E-state index contributed by atoms with van der Waals surface area (Å²) in [5.41, 5.74) is 2.64. The lowest BCUT2D eigenvalue weighted by Gasteiger charge is -2.24. The third-order valence-corrected chi connectivity index (χ3v) is 5.49. The Morgan fingerprint density at radius 3 is 2.83 bits per heavy atom. The van der Waals surface area contributed by atoms with Crippen LogP contribution in [0, 0.1) is 17.2 Å². The molecule has 1 amide bonds. The summed E-state index contributed by atoms with van der Waals surface area (Å²) in [4.78, 5) is 13.3. The minimum Gasteiger partial charge on any atom is -0.444 e. The number of hydrogen-bond donors (Lipinski definition) is 1. The van der Waals surface area contributed by atoms with Gasteiger partial charge < -0.3 is 4.74 Å². The molecule has 2 atom stereocenters. The van der Waals surface area contributed by atoms with Gasteiger partial charge in [0.2, 0.25) is 0 Å². The van der Waals surface area contributed by atoms with Gasteiger partial charge >= 0.3 is 6.09 Å². The largest absolute Gasteiger partial charge is 0.444 e. The molecule has 1 aliphatic carbocycles. The van der Waals surface area contributed by atoms with Crippen LogP contribution in [-0.2, 0) is 17.8 Å². The first-order valence-corrected chi connectivity index (χ1v) is 8.93. The highest BCUT2D eigenvalue weighted by atomic mass is 32.1. The van der Waals surface area contributed by atoms with E-state index >= 15 is 0 Å². The Balaban J connectivity index is 1.72. The van der Waals surface area contributed by atoms with Crippen molar-refractivity contribution in [2.24, 2.45) is 5.92 Å². The SMILES string of the molecule is CC1Cc2sc(NC(=O)OCc3ccccc3)c(C#N)c2C(C)C1. The van der Waals surface area contributed by atoms with Crippen molar-refractivity contribution >= 4 is 22.4 Å². The Labute approximate surface area is 146 Å². The topological polar surface area (TPSA) is 62.1 Å². The molecular formula is C19H20N2O2S. The van der Waals surface area contributed by atoms with Crippen LogP contribution >= 0.6 is 11.3 Å². The molecule has 3 rings (SSSR count). The molecule has 5 heteroatoms. The van der Waals surface area contributed by atoms with E-state index in [1.54, 1.807) is 0 Å². The van der Waals surface area contributed by atoms with Crippen molar-refractivity contribution in [3.05, 3.63) is 51.9 Å². The van der Waals surface area contributed by atoms with Gasteiger partial charge in [0, 0.05) is 4.88 Å². The maximum absolute atomic E-state index is 12.1. The van der Waals surface area contributed by atoms with E-state index in [1.807, 2.05) is 30.3 Å². The molecule has 0 saturated heterocycles. The van der Waals surface area contributed by atoms with Crippen molar-refractivity contribution in [2.75, 3.05) is 5.32 Å². The van der Waals surface area contributed by atoms with Crippen LogP contribution in [0.1, 0.15) is 47.8 Å². The number of amides is 1. The van der Waals surface area contributed by atoms with Gasteiger partial charge in [0.1, 0.15) is 17.7 Å². The molecule has 2 unspecified atom stereocenters. The van der Waals surface area contributed by atoms with Crippen molar-refractivity contribution in [3.8, 4) is 6.07 Å². The number of anilines is 1. The molecule has 24 heavy (non-hydrogen) atoms. The lowest BCUT2D eigenvalue weighted by atomic mass is 9.81. The number of rotatable bonds is 3. The van der Waals surface area contributed by atoms with Gasteiger partial charge in [0.15, 0.2) is 0 Å². The van der Waals surface area contributed by atoms with E-state index in [1.165, 1.54) is 16.2 Å². The zero-order valence-corrected chi connectivity index (χ0v) is 14.7. The number of fused-ring (bicyclic) bond motifs is 1. The molecule has 0 aliphatic heterocycles. The van der Waals surface area contributed by atoms with Crippen molar-refractivity contribution in [3.63, 3.8) is 0 Å². The Morgan fingerprint density at radius 2 is 2.12 bits per heavy atom. The summed E-state index contributed by atoms with van der Waals surface area (Å²) in [7, 11) is 0. The lowest BCUT2D eigenvalue weighted by molar-refractivity contribution is 0.155. The smallest absolute Gasteiger partial charge is 0.412 e. The number of carbonyl (C=O) groups excluding carboxylic acids is 1. The van der Waals surface area contributed by atoms with Crippen LogP contribution in [0.2, 0.25) is 0 Å². The first kappa shape index (κ1) is 16.5. The van der Waals surface area contributed by atoms with E-state index in [-0.39, 0.29) is 6.61 Å². The van der Waals surface area contributed by atoms with Crippen LogP contribution in [-0.4, -0.2) is 6.09 Å². The minimum absolute atomic E-state index is 0.215. The molecule has 1 aromatic heterocycles. The van der Waals surface area contributed by atoms with Crippen molar-refractivity contribution in [1.29, 1.82) is 5.26 Å². The maximum Gasteiger partial charge on any atom is 0.412 e. The molecule has 0 bridgehead atoms. The van der Waals surface area contributed by atoms with Gasteiger partial charge in [-0.1, -0.05) is 44.2 Å². The molecule has 0 spiro atoms. The van der Waals surface area contributed by atoms with Crippen LogP contribution in [0.5, 0.6) is 0 Å². The Kier molecular flexibility index (Phi) is 4.86. The molecule has 4 nitrogen and oxygen atoms in total. The molecule has 0 fully saturated rings. The average Bonchev–Trinajstić information content (AvgIpc) is 2.91. The number of carbonyl (C=O) groups is 1. The number of nitrogens with zero attached hydrogens (tertiary/aromatic N) is 1. The fourth-order valence-corrected chi connectivity index (χ4v) is 4.76. The number of benzene rings is 1. The Hall–Kier alpha value is -2.32. The highest BCUT2D eigenvalue weighted by molar-refractivity contribution is 7.16. The number of hydrogen-bond acceptors (Lipinski definition) is 4. The molecule has 0 saturated carbocycles. The van der Waals surface area contributed by atoms with Crippen LogP contribution in [0.4, 0.5) is 9.80 Å². The summed E-state index contributed by atoms with van der Waals surface area (Å²) in [6.07, 6.45) is 1.53. The fraction of sp³-hybridized carbons (Fsp3) is 0.368. The quantitative estimate of drug-likeness (QED) is 0.850. The second-order valence-corrected chi connectivity index (χ2v) is 7.49. The van der Waals surface area contributed by atoms with Gasteiger partial charge in [0.25, 0.3) is 0 Å². The van der Waals surface area contributed by atoms with E-state index < -0.39 is 6.09 Å². The van der Waals surface area contributed by atoms with Gasteiger partial charge in [-0.2, -0.15) is 5.26 Å². The number of nitriles is 1. The van der Waals surface area contributed by atoms with Gasteiger partial charge in [-0.25, -0.2) is 4.79 Å². The van der Waals surface area contributed by atoms with E-state index in [0.717, 1.165) is 24.0 Å². The highest BCUT2D eigenvalue weighted by Crippen LogP contribution is 2.44. The number of ether oxygens (including phenoxy) is 1. The predicted molar refractivity (Wildman–Crippen MR) is 95.2 cm³/mol. The molecule has 1 N–H and O–H groups in total. The monoisotopic (exact) mass is 340 g/mol. The third-order valence-electron chi connectivity index (χ3n) is 4.34. The highest BCUT2D eigenvalue weighted by Gasteiger charge is 2.29. The fourth-order valence-electron chi connectivity index (χ4n) is 3.34.